The number of phosphoric ester groups is 1. The number of phenolic OH excluding ortho intramolecular Hbond substituents is 2. The van der Waals surface area contributed by atoms with Crippen LogP contribution in [-0.2, 0) is 18.3 Å². The Bertz CT molecular complexity index is 390. The number of phosphoric acid groups is 1. The van der Waals surface area contributed by atoms with Crippen LogP contribution in [0.3, 0.4) is 0 Å². The number of benzene rings is 1. The highest BCUT2D eigenvalue weighted by atomic mass is 31.2. The summed E-state index contributed by atoms with van der Waals surface area (Å²) in [6.45, 7) is 4.43. The minimum atomic E-state index is -4.05. The highest BCUT2D eigenvalue weighted by molar-refractivity contribution is 7.47. The van der Waals surface area contributed by atoms with E-state index in [1.807, 2.05) is 13.8 Å². The minimum Gasteiger partial charge on any atom is -0.508 e. The molecule has 0 unspecified atom stereocenters. The molecular formula is C14H27O9P. The lowest BCUT2D eigenvalue weighted by atomic mass is 10.3. The van der Waals surface area contributed by atoms with Gasteiger partial charge in [0.05, 0.1) is 26.4 Å². The molecule has 1 rings (SSSR count). The lowest BCUT2D eigenvalue weighted by molar-refractivity contribution is 0.107. The van der Waals surface area contributed by atoms with Gasteiger partial charge in [0.25, 0.3) is 0 Å². The third kappa shape index (κ3) is 18.9. The first kappa shape index (κ1) is 25.1. The fraction of sp³-hybridized carbons (Fsp3) is 0.571. The third-order valence-corrected chi connectivity index (χ3v) is 2.97. The Morgan fingerprint density at radius 2 is 1.21 bits per heavy atom. The molecule has 0 aliphatic rings. The van der Waals surface area contributed by atoms with Gasteiger partial charge in [0.1, 0.15) is 11.5 Å². The zero-order valence-corrected chi connectivity index (χ0v) is 14.8. The van der Waals surface area contributed by atoms with E-state index in [1.165, 1.54) is 24.3 Å². The van der Waals surface area contributed by atoms with E-state index in [0.717, 1.165) is 13.2 Å². The highest BCUT2D eigenvalue weighted by Gasteiger charge is 2.19. The van der Waals surface area contributed by atoms with Crippen molar-refractivity contribution in [2.75, 3.05) is 39.6 Å². The number of ether oxygens (including phenoxy) is 1. The zero-order valence-electron chi connectivity index (χ0n) is 13.9. The van der Waals surface area contributed by atoms with Gasteiger partial charge in [-0.15, -0.1) is 0 Å². The number of aromatic hydroxyl groups is 2. The van der Waals surface area contributed by atoms with Crippen LogP contribution in [0.25, 0.3) is 0 Å². The fourth-order valence-electron chi connectivity index (χ4n) is 1.01. The molecule has 0 atom stereocenters. The first-order valence-electron chi connectivity index (χ1n) is 7.22. The molecule has 0 fully saturated rings. The molecule has 9 nitrogen and oxygen atoms in total. The minimum absolute atomic E-state index is 0.169. The van der Waals surface area contributed by atoms with E-state index in [-0.39, 0.29) is 37.9 Å². The Kier molecular flexibility index (Phi) is 17.4. The van der Waals surface area contributed by atoms with Crippen molar-refractivity contribution in [3.8, 4) is 11.5 Å². The van der Waals surface area contributed by atoms with Crippen LogP contribution in [0, 0.1) is 0 Å². The quantitative estimate of drug-likeness (QED) is 0.337. The molecule has 142 valence electrons. The molecule has 0 saturated carbocycles. The van der Waals surface area contributed by atoms with Gasteiger partial charge < -0.3 is 30.1 Å². The maximum Gasteiger partial charge on any atom is 0.472 e. The summed E-state index contributed by atoms with van der Waals surface area (Å²) in [7, 11) is -4.05. The van der Waals surface area contributed by atoms with Crippen LogP contribution in [0.15, 0.2) is 24.3 Å². The van der Waals surface area contributed by atoms with Gasteiger partial charge in [0.2, 0.25) is 0 Å². The topological polar surface area (TPSA) is 146 Å². The Labute approximate surface area is 141 Å². The van der Waals surface area contributed by atoms with E-state index in [2.05, 4.69) is 9.05 Å². The number of hydrogen-bond donors (Lipinski definition) is 5. The van der Waals surface area contributed by atoms with Crippen LogP contribution >= 0.6 is 7.82 Å². The molecule has 1 aromatic carbocycles. The molecule has 10 heteroatoms. The van der Waals surface area contributed by atoms with Gasteiger partial charge in [-0.05, 0) is 38.1 Å². The predicted octanol–water partition coefficient (Wildman–Crippen LogP) is 1.25. The maximum atomic E-state index is 10.6. The molecule has 0 spiro atoms. The highest BCUT2D eigenvalue weighted by Crippen LogP contribution is 2.42. The van der Waals surface area contributed by atoms with Crippen LogP contribution < -0.4 is 0 Å². The molecule has 24 heavy (non-hydrogen) atoms. The number of aliphatic hydroxyl groups is 2. The molecule has 5 N–H and O–H groups in total. The number of rotatable bonds is 8. The van der Waals surface area contributed by atoms with E-state index in [9.17, 15) is 4.57 Å². The van der Waals surface area contributed by atoms with Crippen molar-refractivity contribution in [1.82, 2.24) is 0 Å². The molecule has 0 aromatic heterocycles. The van der Waals surface area contributed by atoms with E-state index >= 15 is 0 Å². The number of phenols is 2. The molecule has 0 amide bonds. The van der Waals surface area contributed by atoms with Gasteiger partial charge in [-0.1, -0.05) is 0 Å². The van der Waals surface area contributed by atoms with Crippen LogP contribution in [-0.4, -0.2) is 65.0 Å². The summed E-state index contributed by atoms with van der Waals surface area (Å²) >= 11 is 0. The standard InChI is InChI=1S/C6H6O2.C4H11O6P.C4H10O/c7-5-1-2-6(8)4-3-5;5-1-3-9-11(7,8)10-4-2-6;1-3-5-4-2/h1-4,7-8H;5-6H,1-4H2,(H,7,8);3-4H2,1-2H3. The normalized spacial score (nSPS) is 10.2. The number of aliphatic hydroxyl groups excluding tert-OH is 2. The van der Waals surface area contributed by atoms with E-state index in [0.29, 0.717) is 0 Å². The molecule has 0 aliphatic heterocycles. The summed E-state index contributed by atoms with van der Waals surface area (Å²) < 4.78 is 23.9. The first-order valence-corrected chi connectivity index (χ1v) is 8.71. The van der Waals surface area contributed by atoms with Crippen LogP contribution in [0.2, 0.25) is 0 Å². The SMILES string of the molecule is CCOCC.O=P(O)(OCCO)OCCO.Oc1ccc(O)cc1. The zero-order chi connectivity index (χ0) is 18.8. The summed E-state index contributed by atoms with van der Waals surface area (Å²) in [6.07, 6.45) is 0. The molecular weight excluding hydrogens is 343 g/mol. The molecule has 1 aromatic rings. The Balaban J connectivity index is 0. The van der Waals surface area contributed by atoms with Gasteiger partial charge >= 0.3 is 7.82 Å². The summed E-state index contributed by atoms with van der Waals surface area (Å²) in [6, 6.07) is 5.70. The van der Waals surface area contributed by atoms with Crippen molar-refractivity contribution in [3.63, 3.8) is 0 Å². The Morgan fingerprint density at radius 1 is 0.875 bits per heavy atom. The molecule has 0 aliphatic carbocycles. The largest absolute Gasteiger partial charge is 0.508 e. The number of hydrogen-bond acceptors (Lipinski definition) is 8. The second-order valence-electron chi connectivity index (χ2n) is 3.88. The molecule has 0 saturated heterocycles. The summed E-state index contributed by atoms with van der Waals surface area (Å²) in [5.74, 6) is 0.339. The Hall–Kier alpha value is -1.19. The average molecular weight is 370 g/mol. The first-order chi connectivity index (χ1) is 11.3. The molecule has 0 heterocycles. The van der Waals surface area contributed by atoms with Gasteiger partial charge in [0.15, 0.2) is 0 Å². The van der Waals surface area contributed by atoms with Gasteiger partial charge in [-0.2, -0.15) is 0 Å². The van der Waals surface area contributed by atoms with E-state index in [4.69, 9.17) is 30.1 Å². The summed E-state index contributed by atoms with van der Waals surface area (Å²) in [5.41, 5.74) is 0. The third-order valence-electron chi connectivity index (χ3n) is 1.95. The van der Waals surface area contributed by atoms with Gasteiger partial charge in [-0.25, -0.2) is 4.57 Å². The molecule has 0 radical (unpaired) electrons. The average Bonchev–Trinajstić information content (AvgIpc) is 2.56. The van der Waals surface area contributed by atoms with E-state index in [1.54, 1.807) is 0 Å². The van der Waals surface area contributed by atoms with Crippen molar-refractivity contribution in [1.29, 1.82) is 0 Å². The summed E-state index contributed by atoms with van der Waals surface area (Å²) in [5, 5.41) is 33.7. The van der Waals surface area contributed by atoms with Crippen molar-refractivity contribution in [3.05, 3.63) is 24.3 Å². The van der Waals surface area contributed by atoms with Crippen molar-refractivity contribution < 1.29 is 43.7 Å². The van der Waals surface area contributed by atoms with Gasteiger partial charge in [-0.3, -0.25) is 9.05 Å². The molecule has 0 bridgehead atoms. The van der Waals surface area contributed by atoms with Crippen LogP contribution in [0.5, 0.6) is 11.5 Å². The monoisotopic (exact) mass is 370 g/mol. The lowest BCUT2D eigenvalue weighted by Gasteiger charge is -2.09. The lowest BCUT2D eigenvalue weighted by Crippen LogP contribution is -2.02. The second-order valence-corrected chi connectivity index (χ2v) is 5.33. The predicted molar refractivity (Wildman–Crippen MR) is 87.8 cm³/mol. The van der Waals surface area contributed by atoms with Crippen molar-refractivity contribution in [2.45, 2.75) is 13.8 Å². The van der Waals surface area contributed by atoms with Gasteiger partial charge in [0, 0.05) is 13.2 Å². The van der Waals surface area contributed by atoms with Crippen molar-refractivity contribution in [2.24, 2.45) is 0 Å². The van der Waals surface area contributed by atoms with Crippen LogP contribution in [0.4, 0.5) is 0 Å². The summed E-state index contributed by atoms with van der Waals surface area (Å²) in [4.78, 5) is 8.67. The Morgan fingerprint density at radius 3 is 1.42 bits per heavy atom. The maximum absolute atomic E-state index is 10.6. The van der Waals surface area contributed by atoms with Crippen LogP contribution in [0.1, 0.15) is 13.8 Å². The fourth-order valence-corrected chi connectivity index (χ4v) is 1.71. The smallest absolute Gasteiger partial charge is 0.472 e. The second kappa shape index (κ2) is 16.7. The van der Waals surface area contributed by atoms with E-state index < -0.39 is 7.82 Å². The van der Waals surface area contributed by atoms with Crippen molar-refractivity contribution >= 4 is 7.82 Å².